The van der Waals surface area contributed by atoms with Crippen LogP contribution in [0.2, 0.25) is 0 Å². The number of rotatable bonds is 6. The highest BCUT2D eigenvalue weighted by Gasteiger charge is 2.03. The Kier molecular flexibility index (Phi) is 5.38. The van der Waals surface area contributed by atoms with Gasteiger partial charge in [0.05, 0.1) is 13.0 Å². The van der Waals surface area contributed by atoms with Crippen molar-refractivity contribution in [3.63, 3.8) is 0 Å². The number of carbonyl (C=O) groups is 1. The van der Waals surface area contributed by atoms with Crippen LogP contribution in [0.25, 0.3) is 0 Å². The first kappa shape index (κ1) is 15.1. The number of aryl methyl sites for hydroxylation is 2. The average molecular weight is 283 g/mol. The van der Waals surface area contributed by atoms with E-state index in [1.807, 2.05) is 56.3 Å². The van der Waals surface area contributed by atoms with Crippen LogP contribution in [0.5, 0.6) is 5.75 Å². The molecule has 0 saturated carbocycles. The quantitative estimate of drug-likeness (QED) is 0.828. The van der Waals surface area contributed by atoms with Crippen LogP contribution in [0.3, 0.4) is 0 Å². The zero-order chi connectivity index (χ0) is 15.1. The molecule has 3 heteroatoms. The van der Waals surface area contributed by atoms with Crippen LogP contribution in [0.4, 0.5) is 0 Å². The van der Waals surface area contributed by atoms with Crippen LogP contribution in [-0.2, 0) is 11.2 Å². The molecule has 0 saturated heterocycles. The molecular formula is C18H21NO2. The summed E-state index contributed by atoms with van der Waals surface area (Å²) < 4.78 is 5.70. The fourth-order valence-electron chi connectivity index (χ4n) is 2.06. The number of hydrogen-bond acceptors (Lipinski definition) is 2. The molecule has 0 aliphatic carbocycles. The van der Waals surface area contributed by atoms with Gasteiger partial charge in [0.15, 0.2) is 0 Å². The van der Waals surface area contributed by atoms with Crippen molar-refractivity contribution in [1.29, 1.82) is 0 Å². The minimum absolute atomic E-state index is 0.0192. The van der Waals surface area contributed by atoms with Gasteiger partial charge < -0.3 is 10.1 Å². The third-order valence-corrected chi connectivity index (χ3v) is 3.23. The third-order valence-electron chi connectivity index (χ3n) is 3.23. The number of carbonyl (C=O) groups excluding carboxylic acids is 1. The highest BCUT2D eigenvalue weighted by Crippen LogP contribution is 2.18. The number of benzene rings is 2. The van der Waals surface area contributed by atoms with Gasteiger partial charge in [-0.2, -0.15) is 0 Å². The van der Waals surface area contributed by atoms with E-state index in [2.05, 4.69) is 11.4 Å². The monoisotopic (exact) mass is 283 g/mol. The van der Waals surface area contributed by atoms with Gasteiger partial charge >= 0.3 is 0 Å². The molecule has 0 radical (unpaired) electrons. The summed E-state index contributed by atoms with van der Waals surface area (Å²) in [5.74, 6) is 0.901. The normalized spacial score (nSPS) is 10.2. The largest absolute Gasteiger partial charge is 0.491 e. The lowest BCUT2D eigenvalue weighted by Crippen LogP contribution is -2.29. The summed E-state index contributed by atoms with van der Waals surface area (Å²) in [4.78, 5) is 11.8. The third kappa shape index (κ3) is 4.95. The summed E-state index contributed by atoms with van der Waals surface area (Å²) in [6, 6.07) is 15.8. The van der Waals surface area contributed by atoms with E-state index in [0.717, 1.165) is 16.9 Å². The van der Waals surface area contributed by atoms with Crippen LogP contribution in [0.15, 0.2) is 48.5 Å². The summed E-state index contributed by atoms with van der Waals surface area (Å²) in [6.07, 6.45) is 0.407. The van der Waals surface area contributed by atoms with Crippen molar-refractivity contribution < 1.29 is 9.53 Å². The Morgan fingerprint density at radius 3 is 2.62 bits per heavy atom. The molecule has 0 bridgehead atoms. The number of hydrogen-bond donors (Lipinski definition) is 1. The Balaban J connectivity index is 1.72. The molecule has 0 atom stereocenters. The van der Waals surface area contributed by atoms with E-state index in [9.17, 15) is 4.79 Å². The van der Waals surface area contributed by atoms with Gasteiger partial charge in [-0.3, -0.25) is 4.79 Å². The maximum Gasteiger partial charge on any atom is 0.224 e. The molecule has 21 heavy (non-hydrogen) atoms. The van der Waals surface area contributed by atoms with Gasteiger partial charge in [0.25, 0.3) is 0 Å². The molecule has 1 N–H and O–H groups in total. The SMILES string of the molecule is Cc1ccc(C)c(OCCNC(=O)Cc2ccccc2)c1. The smallest absolute Gasteiger partial charge is 0.224 e. The van der Waals surface area contributed by atoms with Gasteiger partial charge in [-0.25, -0.2) is 0 Å². The predicted octanol–water partition coefficient (Wildman–Crippen LogP) is 3.04. The van der Waals surface area contributed by atoms with Crippen LogP contribution < -0.4 is 10.1 Å². The second-order valence-electron chi connectivity index (χ2n) is 5.13. The highest BCUT2D eigenvalue weighted by atomic mass is 16.5. The average Bonchev–Trinajstić information content (AvgIpc) is 2.48. The molecule has 0 aliphatic heterocycles. The minimum atomic E-state index is 0.0192. The van der Waals surface area contributed by atoms with Crippen molar-refractivity contribution in [2.45, 2.75) is 20.3 Å². The van der Waals surface area contributed by atoms with E-state index < -0.39 is 0 Å². The summed E-state index contributed by atoms with van der Waals surface area (Å²) >= 11 is 0. The lowest BCUT2D eigenvalue weighted by molar-refractivity contribution is -0.120. The Hall–Kier alpha value is -2.29. The predicted molar refractivity (Wildman–Crippen MR) is 84.6 cm³/mol. The molecule has 110 valence electrons. The summed E-state index contributed by atoms with van der Waals surface area (Å²) in [7, 11) is 0. The molecule has 3 nitrogen and oxygen atoms in total. The maximum atomic E-state index is 11.8. The molecule has 0 aliphatic rings. The van der Waals surface area contributed by atoms with Crippen molar-refractivity contribution in [2.24, 2.45) is 0 Å². The summed E-state index contributed by atoms with van der Waals surface area (Å²) in [6.45, 7) is 5.04. The van der Waals surface area contributed by atoms with Gasteiger partial charge in [0.1, 0.15) is 12.4 Å². The Morgan fingerprint density at radius 1 is 1.10 bits per heavy atom. The molecule has 0 fully saturated rings. The standard InChI is InChI=1S/C18H21NO2/c1-14-8-9-15(2)17(12-14)21-11-10-19-18(20)13-16-6-4-3-5-7-16/h3-9,12H,10-11,13H2,1-2H3,(H,19,20). The van der Waals surface area contributed by atoms with Crippen LogP contribution in [-0.4, -0.2) is 19.1 Å². The van der Waals surface area contributed by atoms with E-state index in [4.69, 9.17) is 4.74 Å². The van der Waals surface area contributed by atoms with Crippen molar-refractivity contribution in [2.75, 3.05) is 13.2 Å². The van der Waals surface area contributed by atoms with Gasteiger partial charge in [0.2, 0.25) is 5.91 Å². The van der Waals surface area contributed by atoms with Gasteiger partial charge in [-0.15, -0.1) is 0 Å². The Bertz CT molecular complexity index is 593. The van der Waals surface area contributed by atoms with Crippen molar-refractivity contribution >= 4 is 5.91 Å². The first-order chi connectivity index (χ1) is 10.1. The summed E-state index contributed by atoms with van der Waals surface area (Å²) in [5, 5.41) is 2.87. The molecule has 2 aromatic rings. The molecule has 0 spiro atoms. The highest BCUT2D eigenvalue weighted by molar-refractivity contribution is 5.78. The van der Waals surface area contributed by atoms with E-state index in [0.29, 0.717) is 19.6 Å². The lowest BCUT2D eigenvalue weighted by atomic mass is 10.1. The van der Waals surface area contributed by atoms with E-state index >= 15 is 0 Å². The first-order valence-corrected chi connectivity index (χ1v) is 7.16. The van der Waals surface area contributed by atoms with E-state index in [1.165, 1.54) is 5.56 Å². The fourth-order valence-corrected chi connectivity index (χ4v) is 2.06. The van der Waals surface area contributed by atoms with Crippen LogP contribution in [0.1, 0.15) is 16.7 Å². The number of nitrogens with one attached hydrogen (secondary N) is 1. The maximum absolute atomic E-state index is 11.8. The van der Waals surface area contributed by atoms with Crippen LogP contribution in [0, 0.1) is 13.8 Å². The van der Waals surface area contributed by atoms with Gasteiger partial charge in [-0.1, -0.05) is 42.5 Å². The van der Waals surface area contributed by atoms with Crippen LogP contribution >= 0.6 is 0 Å². The molecule has 0 aromatic heterocycles. The van der Waals surface area contributed by atoms with Crippen molar-refractivity contribution in [3.05, 3.63) is 65.2 Å². The van der Waals surface area contributed by atoms with E-state index in [-0.39, 0.29) is 5.91 Å². The fraction of sp³-hybridized carbons (Fsp3) is 0.278. The zero-order valence-corrected chi connectivity index (χ0v) is 12.6. The molecule has 0 heterocycles. The molecule has 2 aromatic carbocycles. The van der Waals surface area contributed by atoms with Gasteiger partial charge in [-0.05, 0) is 36.6 Å². The van der Waals surface area contributed by atoms with Crippen molar-refractivity contribution in [3.8, 4) is 5.75 Å². The molecule has 1 amide bonds. The number of ether oxygens (including phenoxy) is 1. The summed E-state index contributed by atoms with van der Waals surface area (Å²) in [5.41, 5.74) is 3.30. The second kappa shape index (κ2) is 7.48. The zero-order valence-electron chi connectivity index (χ0n) is 12.6. The topological polar surface area (TPSA) is 38.3 Å². The second-order valence-corrected chi connectivity index (χ2v) is 5.13. The minimum Gasteiger partial charge on any atom is -0.491 e. The first-order valence-electron chi connectivity index (χ1n) is 7.16. The van der Waals surface area contributed by atoms with Gasteiger partial charge in [0, 0.05) is 0 Å². The Labute approximate surface area is 126 Å². The number of amides is 1. The Morgan fingerprint density at radius 2 is 1.86 bits per heavy atom. The van der Waals surface area contributed by atoms with E-state index in [1.54, 1.807) is 0 Å². The molecular weight excluding hydrogens is 262 g/mol. The van der Waals surface area contributed by atoms with Crippen molar-refractivity contribution in [1.82, 2.24) is 5.32 Å². The molecule has 0 unspecified atom stereocenters. The lowest BCUT2D eigenvalue weighted by Gasteiger charge is -2.10. The molecule has 2 rings (SSSR count).